The number of primary amides is 1. The first-order valence-electron chi connectivity index (χ1n) is 13.3. The largest absolute Gasteiger partial charge is 0.365 e. The number of carbonyl (C=O) groups is 3. The van der Waals surface area contributed by atoms with E-state index in [1.54, 1.807) is 36.7 Å². The van der Waals surface area contributed by atoms with E-state index < -0.39 is 11.9 Å². The Morgan fingerprint density at radius 1 is 1.05 bits per heavy atom. The third-order valence-electron chi connectivity index (χ3n) is 6.89. The van der Waals surface area contributed by atoms with Crippen molar-refractivity contribution >= 4 is 62.5 Å². The zero-order valence-electron chi connectivity index (χ0n) is 22.3. The number of urea groups is 1. The number of hydrogen-bond donors (Lipinski definition) is 4. The van der Waals surface area contributed by atoms with Crippen molar-refractivity contribution < 1.29 is 14.4 Å². The molecule has 5 N–H and O–H groups in total. The minimum atomic E-state index is -0.559. The number of carbonyl (C=O) groups excluding carboxylic acids is 3. The smallest absolute Gasteiger partial charge is 0.324 e. The van der Waals surface area contributed by atoms with E-state index in [-0.39, 0.29) is 5.91 Å². The van der Waals surface area contributed by atoms with Crippen LogP contribution in [0.15, 0.2) is 54.9 Å². The number of fused-ring (bicyclic) bond motifs is 2. The van der Waals surface area contributed by atoms with E-state index >= 15 is 0 Å². The molecule has 0 aliphatic carbocycles. The van der Waals surface area contributed by atoms with Crippen molar-refractivity contribution in [3.8, 4) is 0 Å². The SMILES string of the molecule is NC(=O)c1c(NC(=O)Nc2ccc(Cl)cc2)sc2c1CCN(CCCNC(=O)CCc1cccc3nccnc13)C2. The molecule has 0 fully saturated rings. The molecule has 0 bridgehead atoms. The molecule has 212 valence electrons. The summed E-state index contributed by atoms with van der Waals surface area (Å²) in [4.78, 5) is 49.3. The number of aryl methyl sites for hydroxylation is 1. The Bertz CT molecular complexity index is 1570. The van der Waals surface area contributed by atoms with E-state index in [1.807, 2.05) is 18.2 Å². The van der Waals surface area contributed by atoms with Crippen LogP contribution in [0.2, 0.25) is 5.02 Å². The van der Waals surface area contributed by atoms with Crippen LogP contribution >= 0.6 is 22.9 Å². The summed E-state index contributed by atoms with van der Waals surface area (Å²) in [7, 11) is 0. The van der Waals surface area contributed by atoms with Gasteiger partial charge in [0.25, 0.3) is 5.91 Å². The number of rotatable bonds is 10. The van der Waals surface area contributed by atoms with Gasteiger partial charge in [0.1, 0.15) is 5.00 Å². The molecule has 1 aliphatic rings. The molecular weight excluding hydrogens is 562 g/mol. The van der Waals surface area contributed by atoms with Crippen LogP contribution in [0.3, 0.4) is 0 Å². The van der Waals surface area contributed by atoms with E-state index in [2.05, 4.69) is 30.8 Å². The summed E-state index contributed by atoms with van der Waals surface area (Å²) in [5.41, 5.74) is 10.2. The number of aromatic nitrogens is 2. The number of benzene rings is 2. The summed E-state index contributed by atoms with van der Waals surface area (Å²) in [6, 6.07) is 12.1. The maximum Gasteiger partial charge on any atom is 0.324 e. The van der Waals surface area contributed by atoms with Crippen molar-refractivity contribution in [3.05, 3.63) is 81.4 Å². The molecule has 0 saturated carbocycles. The summed E-state index contributed by atoms with van der Waals surface area (Å²) >= 11 is 7.27. The van der Waals surface area contributed by atoms with Gasteiger partial charge < -0.3 is 16.4 Å². The maximum absolute atomic E-state index is 12.6. The Hall–Kier alpha value is -4.06. The van der Waals surface area contributed by atoms with Crippen LogP contribution < -0.4 is 21.7 Å². The quantitative estimate of drug-likeness (QED) is 0.199. The van der Waals surface area contributed by atoms with Crippen LogP contribution in [0.1, 0.15) is 39.2 Å². The van der Waals surface area contributed by atoms with Crippen molar-refractivity contribution in [2.75, 3.05) is 30.3 Å². The summed E-state index contributed by atoms with van der Waals surface area (Å²) < 4.78 is 0. The number of nitrogens with zero attached hydrogens (tertiary/aromatic N) is 3. The van der Waals surface area contributed by atoms with Gasteiger partial charge in [-0.15, -0.1) is 11.3 Å². The Morgan fingerprint density at radius 2 is 1.85 bits per heavy atom. The third-order valence-corrected chi connectivity index (χ3v) is 8.27. The summed E-state index contributed by atoms with van der Waals surface area (Å²) in [6.45, 7) is 2.78. The lowest BCUT2D eigenvalue weighted by molar-refractivity contribution is -0.121. The van der Waals surface area contributed by atoms with Crippen LogP contribution in [0, 0.1) is 0 Å². The van der Waals surface area contributed by atoms with Crippen LogP contribution in [-0.2, 0) is 24.2 Å². The lowest BCUT2D eigenvalue weighted by Gasteiger charge is -2.27. The molecule has 4 aromatic rings. The topological polar surface area (TPSA) is 142 Å². The van der Waals surface area contributed by atoms with Crippen LogP contribution in [0.25, 0.3) is 11.0 Å². The Morgan fingerprint density at radius 3 is 2.66 bits per heavy atom. The predicted molar refractivity (Wildman–Crippen MR) is 161 cm³/mol. The fraction of sp³-hybridized carbons (Fsp3) is 0.276. The average molecular weight is 592 g/mol. The van der Waals surface area contributed by atoms with Gasteiger partial charge in [-0.1, -0.05) is 23.7 Å². The minimum Gasteiger partial charge on any atom is -0.365 e. The molecule has 4 amide bonds. The zero-order valence-corrected chi connectivity index (χ0v) is 23.9. The van der Waals surface area contributed by atoms with Gasteiger partial charge in [-0.05, 0) is 60.7 Å². The fourth-order valence-electron chi connectivity index (χ4n) is 4.92. The molecule has 2 aromatic carbocycles. The van der Waals surface area contributed by atoms with Gasteiger partial charge in [0.05, 0.1) is 16.6 Å². The normalized spacial score (nSPS) is 13.0. The molecule has 10 nitrogen and oxygen atoms in total. The maximum atomic E-state index is 12.6. The highest BCUT2D eigenvalue weighted by atomic mass is 35.5. The molecule has 0 atom stereocenters. The average Bonchev–Trinajstić information content (AvgIpc) is 3.32. The first-order chi connectivity index (χ1) is 19.9. The van der Waals surface area contributed by atoms with Crippen LogP contribution in [0.4, 0.5) is 15.5 Å². The van der Waals surface area contributed by atoms with Gasteiger partial charge in [-0.3, -0.25) is 29.8 Å². The molecule has 2 aromatic heterocycles. The summed E-state index contributed by atoms with van der Waals surface area (Å²) in [6.07, 6.45) is 5.77. The molecule has 0 saturated heterocycles. The fourth-order valence-corrected chi connectivity index (χ4v) is 6.33. The highest BCUT2D eigenvalue weighted by Gasteiger charge is 2.27. The predicted octanol–water partition coefficient (Wildman–Crippen LogP) is 4.58. The number of thiophene rings is 1. The van der Waals surface area contributed by atoms with E-state index in [9.17, 15) is 14.4 Å². The summed E-state index contributed by atoms with van der Waals surface area (Å²) in [5.74, 6) is -0.556. The second kappa shape index (κ2) is 13.1. The first kappa shape index (κ1) is 28.5. The van der Waals surface area contributed by atoms with Gasteiger partial charge in [0.15, 0.2) is 0 Å². The van der Waals surface area contributed by atoms with Gasteiger partial charge in [0, 0.05) is 60.6 Å². The standard InChI is InChI=1S/C29H30ClN7O3S/c30-19-6-8-20(9-7-19)35-29(40)36-28-25(27(31)39)21-11-16-37(17-23(21)41-28)15-2-12-33-24(38)10-5-18-3-1-4-22-26(18)34-14-13-32-22/h1,3-4,6-9,13-14H,2,5,10-12,15-17H2,(H2,31,39)(H,33,38)(H2,35,36,40). The highest BCUT2D eigenvalue weighted by Crippen LogP contribution is 2.37. The van der Waals surface area contributed by atoms with Crippen LogP contribution in [0.5, 0.6) is 0 Å². The number of nitrogens with two attached hydrogens (primary N) is 1. The number of para-hydroxylation sites is 1. The Kier molecular flexibility index (Phi) is 9.07. The number of halogens is 1. The first-order valence-corrected chi connectivity index (χ1v) is 14.5. The molecule has 0 unspecified atom stereocenters. The Labute approximate surface area is 246 Å². The van der Waals surface area contributed by atoms with Crippen molar-refractivity contribution in [2.45, 2.75) is 32.2 Å². The van der Waals surface area contributed by atoms with E-state index in [1.165, 1.54) is 11.3 Å². The number of anilines is 2. The molecular formula is C29H30ClN7O3S. The third kappa shape index (κ3) is 7.18. The highest BCUT2D eigenvalue weighted by molar-refractivity contribution is 7.17. The van der Waals surface area contributed by atoms with Gasteiger partial charge in [-0.25, -0.2) is 4.79 Å². The summed E-state index contributed by atoms with van der Waals surface area (Å²) in [5, 5.41) is 9.55. The van der Waals surface area contributed by atoms with Crippen molar-refractivity contribution in [1.29, 1.82) is 0 Å². The minimum absolute atomic E-state index is 0.00349. The van der Waals surface area contributed by atoms with E-state index in [0.29, 0.717) is 53.6 Å². The Balaban J connectivity index is 1.09. The van der Waals surface area contributed by atoms with E-state index in [4.69, 9.17) is 17.3 Å². The number of hydrogen-bond acceptors (Lipinski definition) is 7. The van der Waals surface area contributed by atoms with Crippen LogP contribution in [-0.4, -0.2) is 52.3 Å². The second-order valence-corrected chi connectivity index (χ2v) is 11.3. The van der Waals surface area contributed by atoms with E-state index in [0.717, 1.165) is 46.5 Å². The van der Waals surface area contributed by atoms with Crippen molar-refractivity contribution in [3.63, 3.8) is 0 Å². The lowest BCUT2D eigenvalue weighted by atomic mass is 10.0. The molecule has 0 radical (unpaired) electrons. The van der Waals surface area contributed by atoms with Gasteiger partial charge in [0.2, 0.25) is 5.91 Å². The monoisotopic (exact) mass is 591 g/mol. The molecule has 5 rings (SSSR count). The molecule has 0 spiro atoms. The number of nitrogens with one attached hydrogen (secondary N) is 3. The number of amides is 4. The second-order valence-electron chi connectivity index (χ2n) is 9.73. The molecule has 41 heavy (non-hydrogen) atoms. The molecule has 12 heteroatoms. The van der Waals surface area contributed by atoms with Crippen molar-refractivity contribution in [1.82, 2.24) is 20.2 Å². The molecule has 3 heterocycles. The molecule has 1 aliphatic heterocycles. The zero-order chi connectivity index (χ0) is 28.8. The van der Waals surface area contributed by atoms with Gasteiger partial charge >= 0.3 is 6.03 Å². The van der Waals surface area contributed by atoms with Crippen molar-refractivity contribution in [2.24, 2.45) is 5.73 Å². The van der Waals surface area contributed by atoms with Gasteiger partial charge in [-0.2, -0.15) is 0 Å². The lowest BCUT2D eigenvalue weighted by Crippen LogP contribution is -2.34.